The normalized spacial score (nSPS) is 16.7. The van der Waals surface area contributed by atoms with Crippen LogP contribution in [-0.2, 0) is 4.79 Å². The number of amides is 1. The minimum Gasteiger partial charge on any atom is -0.342 e. The monoisotopic (exact) mass is 275 g/mol. The number of hydrogen-bond donors (Lipinski definition) is 1. The molecule has 0 bridgehead atoms. The number of carbonyl (C=O) groups excluding carboxylic acids is 1. The Labute approximate surface area is 121 Å². The van der Waals surface area contributed by atoms with E-state index in [-0.39, 0.29) is 11.9 Å². The topological polar surface area (TPSA) is 49.6 Å². The maximum atomic E-state index is 12.2. The molecule has 4 nitrogen and oxygen atoms in total. The van der Waals surface area contributed by atoms with E-state index in [1.165, 1.54) is 11.1 Å². The smallest absolute Gasteiger partial charge is 0.236 e. The number of nitrogens with zero attached hydrogens (tertiary/aromatic N) is 2. The number of benzene rings is 1. The summed E-state index contributed by atoms with van der Waals surface area (Å²) >= 11 is 0. The average molecular weight is 275 g/mol. The second kappa shape index (κ2) is 6.86. The molecular weight excluding hydrogens is 250 g/mol. The fraction of sp³-hybridized carbons (Fsp3) is 0.562. The highest BCUT2D eigenvalue weighted by atomic mass is 16.2. The Hall–Kier alpha value is -1.39. The van der Waals surface area contributed by atoms with Crippen molar-refractivity contribution >= 4 is 5.91 Å². The van der Waals surface area contributed by atoms with Crippen LogP contribution in [0.4, 0.5) is 0 Å². The molecule has 0 aliphatic carbocycles. The first-order chi connectivity index (χ1) is 9.61. The van der Waals surface area contributed by atoms with Crippen molar-refractivity contribution in [2.75, 3.05) is 33.2 Å². The molecule has 110 valence electrons. The Morgan fingerprint density at radius 2 is 1.90 bits per heavy atom. The molecule has 1 fully saturated rings. The molecule has 1 aliphatic heterocycles. The lowest BCUT2D eigenvalue weighted by molar-refractivity contribution is -0.131. The van der Waals surface area contributed by atoms with Crippen LogP contribution in [-0.4, -0.2) is 48.9 Å². The lowest BCUT2D eigenvalue weighted by atomic mass is 10.0. The number of nitrogens with two attached hydrogens (primary N) is 1. The van der Waals surface area contributed by atoms with Crippen molar-refractivity contribution in [3.05, 3.63) is 35.4 Å². The van der Waals surface area contributed by atoms with Crippen molar-refractivity contribution in [1.29, 1.82) is 0 Å². The van der Waals surface area contributed by atoms with Gasteiger partial charge in [0.25, 0.3) is 0 Å². The van der Waals surface area contributed by atoms with Gasteiger partial charge in [-0.15, -0.1) is 0 Å². The van der Waals surface area contributed by atoms with E-state index in [9.17, 15) is 4.79 Å². The van der Waals surface area contributed by atoms with Crippen LogP contribution in [0.2, 0.25) is 0 Å². The molecule has 0 aromatic heterocycles. The number of likely N-dealkylation sites (N-methyl/N-ethyl adjacent to an activating group) is 1. The van der Waals surface area contributed by atoms with E-state index in [0.717, 1.165) is 25.9 Å². The molecule has 4 heteroatoms. The van der Waals surface area contributed by atoms with E-state index >= 15 is 0 Å². The summed E-state index contributed by atoms with van der Waals surface area (Å²) in [5.41, 5.74) is 8.32. The third-order valence-electron chi connectivity index (χ3n) is 4.06. The maximum Gasteiger partial charge on any atom is 0.236 e. The SMILES string of the molecule is Cc1ccc(C(CN)N(C)CC(=O)N2CCCC2)cc1. The highest BCUT2D eigenvalue weighted by molar-refractivity contribution is 5.78. The number of hydrogen-bond acceptors (Lipinski definition) is 3. The van der Waals surface area contributed by atoms with Gasteiger partial charge in [-0.1, -0.05) is 29.8 Å². The summed E-state index contributed by atoms with van der Waals surface area (Å²) in [6.45, 7) is 4.85. The Bertz CT molecular complexity index is 438. The summed E-state index contributed by atoms with van der Waals surface area (Å²) in [7, 11) is 1.98. The zero-order valence-corrected chi connectivity index (χ0v) is 12.5. The van der Waals surface area contributed by atoms with Crippen LogP contribution in [0.3, 0.4) is 0 Å². The van der Waals surface area contributed by atoms with Gasteiger partial charge in [0, 0.05) is 25.7 Å². The summed E-state index contributed by atoms with van der Waals surface area (Å²) in [6, 6.07) is 8.48. The molecule has 2 rings (SSSR count). The lowest BCUT2D eigenvalue weighted by Crippen LogP contribution is -2.40. The maximum absolute atomic E-state index is 12.2. The van der Waals surface area contributed by atoms with Crippen molar-refractivity contribution in [3.8, 4) is 0 Å². The predicted octanol–water partition coefficient (Wildman–Crippen LogP) is 1.55. The third kappa shape index (κ3) is 3.58. The van der Waals surface area contributed by atoms with Crippen LogP contribution in [0.15, 0.2) is 24.3 Å². The van der Waals surface area contributed by atoms with Crippen molar-refractivity contribution < 1.29 is 4.79 Å². The van der Waals surface area contributed by atoms with Crippen molar-refractivity contribution in [3.63, 3.8) is 0 Å². The quantitative estimate of drug-likeness (QED) is 0.887. The van der Waals surface area contributed by atoms with Crippen LogP contribution in [0.1, 0.15) is 30.0 Å². The van der Waals surface area contributed by atoms with Crippen LogP contribution in [0.25, 0.3) is 0 Å². The zero-order valence-electron chi connectivity index (χ0n) is 12.5. The van der Waals surface area contributed by atoms with Crippen LogP contribution >= 0.6 is 0 Å². The summed E-state index contributed by atoms with van der Waals surface area (Å²) < 4.78 is 0. The van der Waals surface area contributed by atoms with Gasteiger partial charge < -0.3 is 10.6 Å². The molecule has 1 unspecified atom stereocenters. The van der Waals surface area contributed by atoms with Crippen molar-refractivity contribution in [1.82, 2.24) is 9.80 Å². The first kappa shape index (κ1) is 15.0. The Morgan fingerprint density at radius 1 is 1.30 bits per heavy atom. The Kier molecular flexibility index (Phi) is 5.15. The molecule has 1 aromatic carbocycles. The summed E-state index contributed by atoms with van der Waals surface area (Å²) in [6.07, 6.45) is 2.27. The summed E-state index contributed by atoms with van der Waals surface area (Å²) in [5.74, 6) is 0.218. The molecule has 1 saturated heterocycles. The Morgan fingerprint density at radius 3 is 2.45 bits per heavy atom. The second-order valence-corrected chi connectivity index (χ2v) is 5.67. The van der Waals surface area contributed by atoms with Gasteiger partial charge in [0.15, 0.2) is 0 Å². The molecule has 20 heavy (non-hydrogen) atoms. The van der Waals surface area contributed by atoms with Crippen LogP contribution in [0, 0.1) is 6.92 Å². The highest BCUT2D eigenvalue weighted by Gasteiger charge is 2.22. The van der Waals surface area contributed by atoms with Crippen LogP contribution in [0.5, 0.6) is 0 Å². The largest absolute Gasteiger partial charge is 0.342 e. The minimum absolute atomic E-state index is 0.0992. The average Bonchev–Trinajstić information content (AvgIpc) is 2.96. The molecule has 0 spiro atoms. The van der Waals surface area contributed by atoms with Crippen molar-refractivity contribution in [2.24, 2.45) is 5.73 Å². The third-order valence-corrected chi connectivity index (χ3v) is 4.06. The number of likely N-dealkylation sites (tertiary alicyclic amines) is 1. The lowest BCUT2D eigenvalue weighted by Gasteiger charge is -2.28. The van der Waals surface area contributed by atoms with Gasteiger partial charge in [0.2, 0.25) is 5.91 Å². The van der Waals surface area contributed by atoms with E-state index in [4.69, 9.17) is 5.73 Å². The van der Waals surface area contributed by atoms with E-state index in [2.05, 4.69) is 36.1 Å². The molecule has 0 radical (unpaired) electrons. The van der Waals surface area contributed by atoms with Gasteiger partial charge in [0.1, 0.15) is 0 Å². The zero-order chi connectivity index (χ0) is 14.5. The van der Waals surface area contributed by atoms with Gasteiger partial charge in [-0.2, -0.15) is 0 Å². The summed E-state index contributed by atoms with van der Waals surface area (Å²) in [4.78, 5) is 16.2. The molecule has 1 aromatic rings. The Balaban J connectivity index is 1.99. The van der Waals surface area contributed by atoms with Gasteiger partial charge in [-0.3, -0.25) is 9.69 Å². The molecule has 1 amide bonds. The first-order valence-electron chi connectivity index (χ1n) is 7.36. The molecule has 1 aliphatic rings. The number of carbonyl (C=O) groups is 1. The molecule has 0 saturated carbocycles. The van der Waals surface area contributed by atoms with E-state index < -0.39 is 0 Å². The van der Waals surface area contributed by atoms with Crippen molar-refractivity contribution in [2.45, 2.75) is 25.8 Å². The van der Waals surface area contributed by atoms with Gasteiger partial charge in [0.05, 0.1) is 6.54 Å². The van der Waals surface area contributed by atoms with Gasteiger partial charge in [-0.05, 0) is 32.4 Å². The van der Waals surface area contributed by atoms with E-state index in [0.29, 0.717) is 13.1 Å². The number of aryl methyl sites for hydroxylation is 1. The predicted molar refractivity (Wildman–Crippen MR) is 81.4 cm³/mol. The van der Waals surface area contributed by atoms with Gasteiger partial charge in [-0.25, -0.2) is 0 Å². The molecule has 1 atom stereocenters. The minimum atomic E-state index is 0.0992. The standard InChI is InChI=1S/C16H25N3O/c1-13-5-7-14(8-6-13)15(11-17)18(2)12-16(20)19-9-3-4-10-19/h5-8,15H,3-4,9-12,17H2,1-2H3. The fourth-order valence-electron chi connectivity index (χ4n) is 2.75. The first-order valence-corrected chi connectivity index (χ1v) is 7.36. The van der Waals surface area contributed by atoms with E-state index in [1.54, 1.807) is 0 Å². The van der Waals surface area contributed by atoms with Crippen LogP contribution < -0.4 is 5.73 Å². The molecule has 2 N–H and O–H groups in total. The second-order valence-electron chi connectivity index (χ2n) is 5.67. The van der Waals surface area contributed by atoms with E-state index in [1.807, 2.05) is 11.9 Å². The van der Waals surface area contributed by atoms with Gasteiger partial charge >= 0.3 is 0 Å². The summed E-state index contributed by atoms with van der Waals surface area (Å²) in [5, 5.41) is 0. The highest BCUT2D eigenvalue weighted by Crippen LogP contribution is 2.19. The fourth-order valence-corrected chi connectivity index (χ4v) is 2.75. The molecule has 1 heterocycles. The number of rotatable bonds is 5. The molecular formula is C16H25N3O.